The maximum Gasteiger partial charge on any atom is 0.416 e. The van der Waals surface area contributed by atoms with Gasteiger partial charge in [0.2, 0.25) is 0 Å². The van der Waals surface area contributed by atoms with Crippen molar-refractivity contribution in [1.82, 2.24) is 9.97 Å². The summed E-state index contributed by atoms with van der Waals surface area (Å²) in [5.41, 5.74) is -0.433. The van der Waals surface area contributed by atoms with Crippen LogP contribution in [-0.4, -0.2) is 9.97 Å². The number of aromatic nitrogens is 2. The van der Waals surface area contributed by atoms with Gasteiger partial charge in [0.1, 0.15) is 17.3 Å². The van der Waals surface area contributed by atoms with E-state index in [1.165, 1.54) is 19.3 Å². The summed E-state index contributed by atoms with van der Waals surface area (Å²) < 4.78 is 47.0. The fraction of sp³-hybridized carbons (Fsp3) is 0.167. The number of alkyl halides is 3. The monoisotopic (exact) mass is 450 g/mol. The Balaban J connectivity index is 1.97. The molecule has 0 saturated carbocycles. The third-order valence-corrected chi connectivity index (χ3v) is 5.22. The number of fused-ring (bicyclic) bond motifs is 1. The summed E-state index contributed by atoms with van der Waals surface area (Å²) in [6.45, 7) is 3.11. The van der Waals surface area contributed by atoms with Crippen molar-refractivity contribution in [3.63, 3.8) is 0 Å². The molecule has 1 atom stereocenters. The van der Waals surface area contributed by atoms with Crippen molar-refractivity contribution in [3.8, 4) is 17.5 Å². The van der Waals surface area contributed by atoms with Gasteiger partial charge in [0.05, 0.1) is 22.7 Å². The predicted octanol–water partition coefficient (Wildman–Crippen LogP) is 5.62. The molecule has 0 aliphatic rings. The molecule has 4 rings (SSSR count). The molecule has 4 aromatic rings. The van der Waals surface area contributed by atoms with Crippen LogP contribution in [0.5, 0.6) is 0 Å². The van der Waals surface area contributed by atoms with Crippen molar-refractivity contribution in [3.05, 3.63) is 87.5 Å². The fourth-order valence-corrected chi connectivity index (χ4v) is 3.57. The van der Waals surface area contributed by atoms with Crippen molar-refractivity contribution >= 4 is 16.7 Å². The SMILES string of the molecule is Cc1c(-c2ccccn2)oc2c([C@@H](C)Nc3cccnc3C#N)cc(C(F)(F)F)cc2c1=O. The quantitative estimate of drug-likeness (QED) is 0.434. The van der Waals surface area contributed by atoms with Crippen molar-refractivity contribution in [2.24, 2.45) is 0 Å². The number of anilines is 1. The molecule has 0 aliphatic carbocycles. The number of nitrogens with zero attached hydrogens (tertiary/aromatic N) is 3. The van der Waals surface area contributed by atoms with Crippen LogP contribution in [0.1, 0.15) is 35.3 Å². The number of hydrogen-bond donors (Lipinski definition) is 1. The Morgan fingerprint density at radius 1 is 1.12 bits per heavy atom. The van der Waals surface area contributed by atoms with Crippen LogP contribution in [0.2, 0.25) is 0 Å². The highest BCUT2D eigenvalue weighted by Gasteiger charge is 2.33. The molecule has 0 spiro atoms. The molecule has 9 heteroatoms. The Bertz CT molecular complexity index is 1440. The number of nitriles is 1. The van der Waals surface area contributed by atoms with Crippen LogP contribution in [0.25, 0.3) is 22.4 Å². The Hall–Kier alpha value is -4.19. The van der Waals surface area contributed by atoms with Crippen molar-refractivity contribution in [2.75, 3.05) is 5.32 Å². The van der Waals surface area contributed by atoms with Crippen LogP contribution in [0.15, 0.2) is 64.1 Å². The van der Waals surface area contributed by atoms with Gasteiger partial charge in [0.25, 0.3) is 0 Å². The second kappa shape index (κ2) is 8.39. The molecular formula is C24H17F3N4O2. The molecule has 0 radical (unpaired) electrons. The highest BCUT2D eigenvalue weighted by atomic mass is 19.4. The Labute approximate surface area is 186 Å². The lowest BCUT2D eigenvalue weighted by Gasteiger charge is -2.20. The van der Waals surface area contributed by atoms with Crippen LogP contribution in [0.3, 0.4) is 0 Å². The Kier molecular flexibility index (Phi) is 5.60. The van der Waals surface area contributed by atoms with Crippen LogP contribution in [-0.2, 0) is 6.18 Å². The molecule has 1 aromatic carbocycles. The zero-order valence-electron chi connectivity index (χ0n) is 17.6. The summed E-state index contributed by atoms with van der Waals surface area (Å²) in [6.07, 6.45) is -1.70. The highest BCUT2D eigenvalue weighted by molar-refractivity contribution is 5.84. The van der Waals surface area contributed by atoms with Crippen molar-refractivity contribution < 1.29 is 17.6 Å². The van der Waals surface area contributed by atoms with E-state index in [2.05, 4.69) is 15.3 Å². The summed E-state index contributed by atoms with van der Waals surface area (Å²) in [5, 5.41) is 12.1. The van der Waals surface area contributed by atoms with E-state index in [9.17, 15) is 23.2 Å². The number of halogens is 3. The molecule has 0 aliphatic heterocycles. The van der Waals surface area contributed by atoms with Gasteiger partial charge in [-0.05, 0) is 50.2 Å². The van der Waals surface area contributed by atoms with Crippen LogP contribution in [0, 0.1) is 18.3 Å². The largest absolute Gasteiger partial charge is 0.454 e. The first-order valence-electron chi connectivity index (χ1n) is 9.92. The fourth-order valence-electron chi connectivity index (χ4n) is 3.57. The second-order valence-corrected chi connectivity index (χ2v) is 7.42. The van der Waals surface area contributed by atoms with E-state index in [0.29, 0.717) is 11.4 Å². The lowest BCUT2D eigenvalue weighted by Crippen LogP contribution is -2.15. The van der Waals surface area contributed by atoms with Gasteiger partial charge >= 0.3 is 6.18 Å². The molecule has 166 valence electrons. The smallest absolute Gasteiger partial charge is 0.416 e. The zero-order valence-corrected chi connectivity index (χ0v) is 17.6. The van der Waals surface area contributed by atoms with E-state index in [1.54, 1.807) is 37.3 Å². The Morgan fingerprint density at radius 3 is 2.55 bits per heavy atom. The number of nitrogens with one attached hydrogen (secondary N) is 1. The number of benzene rings is 1. The van der Waals surface area contributed by atoms with Gasteiger partial charge in [-0.1, -0.05) is 6.07 Å². The Morgan fingerprint density at radius 2 is 1.88 bits per heavy atom. The standard InChI is InChI=1S/C24H17F3N4O2/c1-13-21(32)17-11-15(24(25,26)27)10-16(14(2)31-18-7-5-9-30-20(18)12-28)23(17)33-22(13)19-6-3-4-8-29-19/h3-11,14,31H,1-2H3/t14-/m1/s1. The molecule has 6 nitrogen and oxygen atoms in total. The van der Waals surface area contributed by atoms with Crippen molar-refractivity contribution in [1.29, 1.82) is 5.26 Å². The minimum atomic E-state index is -4.67. The first-order chi connectivity index (χ1) is 15.7. The molecule has 0 bridgehead atoms. The highest BCUT2D eigenvalue weighted by Crippen LogP contribution is 2.37. The van der Waals surface area contributed by atoms with Crippen molar-refractivity contribution in [2.45, 2.75) is 26.1 Å². The zero-order chi connectivity index (χ0) is 23.8. The lowest BCUT2D eigenvalue weighted by molar-refractivity contribution is -0.137. The normalized spacial score (nSPS) is 12.4. The first-order valence-corrected chi connectivity index (χ1v) is 9.92. The molecule has 33 heavy (non-hydrogen) atoms. The van der Waals surface area contributed by atoms with Gasteiger partial charge in [-0.2, -0.15) is 18.4 Å². The third kappa shape index (κ3) is 4.15. The molecule has 0 saturated heterocycles. The maximum absolute atomic E-state index is 13.7. The van der Waals surface area contributed by atoms with Gasteiger partial charge in [-0.3, -0.25) is 9.78 Å². The van der Waals surface area contributed by atoms with Gasteiger partial charge in [0, 0.05) is 23.5 Å². The number of rotatable bonds is 4. The minimum Gasteiger partial charge on any atom is -0.454 e. The van der Waals surface area contributed by atoms with E-state index in [0.717, 1.165) is 12.1 Å². The van der Waals surface area contributed by atoms with E-state index in [1.807, 2.05) is 6.07 Å². The summed E-state index contributed by atoms with van der Waals surface area (Å²) in [5.74, 6) is 0.181. The molecule has 3 aromatic heterocycles. The third-order valence-electron chi connectivity index (χ3n) is 5.22. The summed E-state index contributed by atoms with van der Waals surface area (Å²) >= 11 is 0. The molecule has 0 unspecified atom stereocenters. The van der Waals surface area contributed by atoms with Crippen LogP contribution < -0.4 is 10.7 Å². The second-order valence-electron chi connectivity index (χ2n) is 7.42. The van der Waals surface area contributed by atoms with E-state index in [4.69, 9.17) is 4.42 Å². The number of pyridine rings is 2. The summed E-state index contributed by atoms with van der Waals surface area (Å²) in [4.78, 5) is 21.3. The lowest BCUT2D eigenvalue weighted by atomic mass is 9.98. The average molecular weight is 450 g/mol. The molecular weight excluding hydrogens is 433 g/mol. The summed E-state index contributed by atoms with van der Waals surface area (Å²) in [6, 6.07) is 11.2. The summed E-state index contributed by atoms with van der Waals surface area (Å²) in [7, 11) is 0. The molecule has 0 amide bonds. The average Bonchev–Trinajstić information content (AvgIpc) is 2.81. The van der Waals surface area contributed by atoms with E-state index < -0.39 is 23.2 Å². The topological polar surface area (TPSA) is 91.8 Å². The van der Waals surface area contributed by atoms with Crippen LogP contribution >= 0.6 is 0 Å². The van der Waals surface area contributed by atoms with Gasteiger partial charge < -0.3 is 9.73 Å². The molecule has 1 N–H and O–H groups in total. The van der Waals surface area contributed by atoms with Gasteiger partial charge in [-0.15, -0.1) is 0 Å². The number of hydrogen-bond acceptors (Lipinski definition) is 6. The van der Waals surface area contributed by atoms with Crippen LogP contribution in [0.4, 0.5) is 18.9 Å². The molecule has 3 heterocycles. The van der Waals surface area contributed by atoms with Gasteiger partial charge in [0.15, 0.2) is 16.9 Å². The van der Waals surface area contributed by atoms with Gasteiger partial charge in [-0.25, -0.2) is 4.98 Å². The maximum atomic E-state index is 13.7. The van der Waals surface area contributed by atoms with E-state index in [-0.39, 0.29) is 33.6 Å². The first kappa shape index (κ1) is 22.0. The predicted molar refractivity (Wildman–Crippen MR) is 116 cm³/mol. The molecule has 0 fully saturated rings. The minimum absolute atomic E-state index is 0.0154. The van der Waals surface area contributed by atoms with E-state index >= 15 is 0 Å².